The van der Waals surface area contributed by atoms with Gasteiger partial charge in [0.1, 0.15) is 5.60 Å². The lowest BCUT2D eigenvalue weighted by molar-refractivity contribution is -0.154. The minimum Gasteiger partial charge on any atom is -0.459 e. The Morgan fingerprint density at radius 3 is 2.31 bits per heavy atom. The summed E-state index contributed by atoms with van der Waals surface area (Å²) in [5, 5.41) is 4.69. The molecule has 0 saturated carbocycles. The summed E-state index contributed by atoms with van der Waals surface area (Å²) in [4.78, 5) is 17.2. The average Bonchev–Trinajstić information content (AvgIpc) is 3.14. The maximum absolute atomic E-state index is 13.4. The molecule has 1 unspecified atom stereocenters. The van der Waals surface area contributed by atoms with Crippen LogP contribution in [0.2, 0.25) is 5.02 Å². The van der Waals surface area contributed by atoms with Gasteiger partial charge >= 0.3 is 13.6 Å². The van der Waals surface area contributed by atoms with E-state index in [0.29, 0.717) is 17.3 Å². The van der Waals surface area contributed by atoms with Gasteiger partial charge in [-0.15, -0.1) is 0 Å². The maximum Gasteiger partial charge on any atom is 0.345 e. The van der Waals surface area contributed by atoms with Gasteiger partial charge in [-0.3, -0.25) is 9.36 Å². The highest BCUT2D eigenvalue weighted by Crippen LogP contribution is 2.54. The molecule has 0 aliphatic heterocycles. The van der Waals surface area contributed by atoms with Crippen LogP contribution in [-0.4, -0.2) is 40.6 Å². The normalized spacial score (nSPS) is 13.2. The molecule has 2 aromatic rings. The second-order valence-corrected chi connectivity index (χ2v) is 10.9. The van der Waals surface area contributed by atoms with E-state index in [9.17, 15) is 9.36 Å². The van der Waals surface area contributed by atoms with Gasteiger partial charge in [0.25, 0.3) is 0 Å². The Balaban J connectivity index is 2.09. The third kappa shape index (κ3) is 8.32. The SMILES string of the molecule is CCOP(=O)(OCC)C(Cc1nc(CCCc2ccc(Cl)cc2)no1)C(=O)OC(C)(C)C. The molecule has 2 rings (SSSR count). The molecule has 32 heavy (non-hydrogen) atoms. The van der Waals surface area contributed by atoms with Gasteiger partial charge in [0.15, 0.2) is 11.5 Å². The van der Waals surface area contributed by atoms with Crippen molar-refractivity contribution in [2.45, 2.75) is 71.6 Å². The zero-order valence-corrected chi connectivity index (χ0v) is 20.9. The number of esters is 1. The first-order valence-electron chi connectivity index (χ1n) is 10.7. The molecule has 0 aliphatic carbocycles. The van der Waals surface area contributed by atoms with Crippen molar-refractivity contribution in [1.82, 2.24) is 10.1 Å². The molecule has 0 aliphatic rings. The summed E-state index contributed by atoms with van der Waals surface area (Å²) in [5.74, 6) is 0.00626. The van der Waals surface area contributed by atoms with Gasteiger partial charge in [-0.25, -0.2) is 0 Å². The first-order valence-corrected chi connectivity index (χ1v) is 12.7. The molecule has 1 aromatic carbocycles. The van der Waals surface area contributed by atoms with Crippen molar-refractivity contribution >= 4 is 25.2 Å². The quantitative estimate of drug-likeness (QED) is 0.289. The standard InChI is InChI=1S/C22H32ClN2O6P/c1-6-28-32(27,29-7-2)18(21(26)30-22(3,4)5)15-20-24-19(25-31-20)10-8-9-16-11-13-17(23)14-12-16/h11-14,18H,6-10,15H2,1-5H3. The van der Waals surface area contributed by atoms with E-state index in [-0.39, 0.29) is 25.5 Å². The molecule has 1 aromatic heterocycles. The molecule has 178 valence electrons. The van der Waals surface area contributed by atoms with Crippen LogP contribution < -0.4 is 0 Å². The van der Waals surface area contributed by atoms with Crippen molar-refractivity contribution < 1.29 is 27.7 Å². The van der Waals surface area contributed by atoms with Crippen molar-refractivity contribution in [2.24, 2.45) is 0 Å². The van der Waals surface area contributed by atoms with E-state index in [0.717, 1.165) is 18.4 Å². The number of nitrogens with zero attached hydrogens (tertiary/aromatic N) is 2. The number of hydrogen-bond donors (Lipinski definition) is 0. The smallest absolute Gasteiger partial charge is 0.345 e. The molecular weight excluding hydrogens is 455 g/mol. The van der Waals surface area contributed by atoms with Crippen molar-refractivity contribution in [3.8, 4) is 0 Å². The Morgan fingerprint density at radius 2 is 1.75 bits per heavy atom. The lowest BCUT2D eigenvalue weighted by atomic mass is 10.1. The zero-order chi connectivity index (χ0) is 23.8. The highest BCUT2D eigenvalue weighted by molar-refractivity contribution is 7.55. The topological polar surface area (TPSA) is 101 Å². The minimum absolute atomic E-state index is 0.101. The molecule has 1 heterocycles. The van der Waals surface area contributed by atoms with Crippen LogP contribution in [0, 0.1) is 0 Å². The van der Waals surface area contributed by atoms with Gasteiger partial charge in [-0.05, 0) is 65.2 Å². The average molecular weight is 487 g/mol. The summed E-state index contributed by atoms with van der Waals surface area (Å²) in [6.07, 6.45) is 2.14. The highest BCUT2D eigenvalue weighted by Gasteiger charge is 2.44. The van der Waals surface area contributed by atoms with Crippen molar-refractivity contribution in [3.63, 3.8) is 0 Å². The fourth-order valence-corrected chi connectivity index (χ4v) is 4.98. The lowest BCUT2D eigenvalue weighted by Crippen LogP contribution is -2.34. The number of halogens is 1. The van der Waals surface area contributed by atoms with E-state index in [1.54, 1.807) is 34.6 Å². The summed E-state index contributed by atoms with van der Waals surface area (Å²) in [6, 6.07) is 7.67. The fourth-order valence-electron chi connectivity index (χ4n) is 3.01. The molecule has 10 heteroatoms. The van der Waals surface area contributed by atoms with Crippen LogP contribution in [0.1, 0.15) is 58.3 Å². The Bertz CT molecular complexity index is 900. The molecule has 1 atom stereocenters. The van der Waals surface area contributed by atoms with Crippen LogP contribution in [-0.2, 0) is 42.4 Å². The zero-order valence-electron chi connectivity index (χ0n) is 19.3. The van der Waals surface area contributed by atoms with Crippen LogP contribution in [0.3, 0.4) is 0 Å². The number of aryl methyl sites for hydroxylation is 2. The number of benzene rings is 1. The van der Waals surface area contributed by atoms with Gasteiger partial charge in [0.05, 0.1) is 19.6 Å². The van der Waals surface area contributed by atoms with Gasteiger partial charge in [0, 0.05) is 11.4 Å². The number of carbonyl (C=O) groups is 1. The summed E-state index contributed by atoms with van der Waals surface area (Å²) < 4.78 is 35.0. The van der Waals surface area contributed by atoms with E-state index in [2.05, 4.69) is 10.1 Å². The van der Waals surface area contributed by atoms with Crippen LogP contribution in [0.25, 0.3) is 0 Å². The Morgan fingerprint density at radius 1 is 1.12 bits per heavy atom. The van der Waals surface area contributed by atoms with E-state index < -0.39 is 24.8 Å². The fraction of sp³-hybridized carbons (Fsp3) is 0.591. The van der Waals surface area contributed by atoms with E-state index in [1.165, 1.54) is 0 Å². The summed E-state index contributed by atoms with van der Waals surface area (Å²) in [5.41, 5.74) is -0.804. The van der Waals surface area contributed by atoms with E-state index in [1.807, 2.05) is 24.3 Å². The minimum atomic E-state index is -3.81. The van der Waals surface area contributed by atoms with Crippen molar-refractivity contribution in [3.05, 3.63) is 46.6 Å². The molecular formula is C22H32ClN2O6P. The summed E-state index contributed by atoms with van der Waals surface area (Å²) >= 11 is 5.91. The number of rotatable bonds is 12. The molecule has 0 amide bonds. The van der Waals surface area contributed by atoms with Crippen molar-refractivity contribution in [1.29, 1.82) is 0 Å². The Kier molecular flexibility index (Phi) is 9.89. The monoisotopic (exact) mass is 486 g/mol. The molecule has 0 spiro atoms. The summed E-state index contributed by atoms with van der Waals surface area (Å²) in [6.45, 7) is 8.82. The van der Waals surface area contributed by atoms with Gasteiger partial charge < -0.3 is 18.3 Å². The second kappa shape index (κ2) is 11.9. The van der Waals surface area contributed by atoms with E-state index >= 15 is 0 Å². The predicted octanol–water partition coefficient (Wildman–Crippen LogP) is 5.42. The first kappa shape index (κ1) is 26.5. The highest BCUT2D eigenvalue weighted by atomic mass is 35.5. The maximum atomic E-state index is 13.4. The lowest BCUT2D eigenvalue weighted by Gasteiger charge is -2.27. The second-order valence-electron chi connectivity index (χ2n) is 8.21. The molecule has 0 fully saturated rings. The van der Waals surface area contributed by atoms with Gasteiger partial charge in [-0.1, -0.05) is 28.9 Å². The Labute approximate surface area is 194 Å². The number of aromatic nitrogens is 2. The first-order chi connectivity index (χ1) is 15.1. The van der Waals surface area contributed by atoms with Crippen LogP contribution >= 0.6 is 19.2 Å². The van der Waals surface area contributed by atoms with E-state index in [4.69, 9.17) is 29.9 Å². The van der Waals surface area contributed by atoms with Crippen LogP contribution in [0.4, 0.5) is 0 Å². The number of carbonyl (C=O) groups excluding carboxylic acids is 1. The largest absolute Gasteiger partial charge is 0.459 e. The van der Waals surface area contributed by atoms with Crippen LogP contribution in [0.5, 0.6) is 0 Å². The molecule has 0 bridgehead atoms. The van der Waals surface area contributed by atoms with Gasteiger partial charge in [-0.2, -0.15) is 4.98 Å². The Hall–Kier alpha value is -1.73. The molecule has 0 saturated heterocycles. The molecule has 0 N–H and O–H groups in total. The summed E-state index contributed by atoms with van der Waals surface area (Å²) in [7, 11) is -3.81. The molecule has 8 nitrogen and oxygen atoms in total. The van der Waals surface area contributed by atoms with Crippen molar-refractivity contribution in [2.75, 3.05) is 13.2 Å². The molecule has 0 radical (unpaired) electrons. The van der Waals surface area contributed by atoms with Gasteiger partial charge in [0.2, 0.25) is 5.89 Å². The van der Waals surface area contributed by atoms with Crippen LogP contribution in [0.15, 0.2) is 28.8 Å². The number of ether oxygens (including phenoxy) is 1. The third-order valence-corrected chi connectivity index (χ3v) is 6.98. The third-order valence-electron chi connectivity index (χ3n) is 4.34. The number of hydrogen-bond acceptors (Lipinski definition) is 8. The predicted molar refractivity (Wildman–Crippen MR) is 122 cm³/mol.